The van der Waals surface area contributed by atoms with Gasteiger partial charge in [0.15, 0.2) is 11.5 Å². The Bertz CT molecular complexity index is 763. The molecule has 0 bridgehead atoms. The van der Waals surface area contributed by atoms with Crippen LogP contribution in [0.25, 0.3) is 0 Å². The third-order valence-electron chi connectivity index (χ3n) is 4.95. The molecule has 0 saturated heterocycles. The van der Waals surface area contributed by atoms with E-state index >= 15 is 0 Å². The molecule has 1 saturated carbocycles. The molecule has 126 valence electrons. The number of nitrogens with one attached hydrogen (secondary N) is 1. The monoisotopic (exact) mass is 327 g/mol. The molecule has 1 fully saturated rings. The summed E-state index contributed by atoms with van der Waals surface area (Å²) in [5.74, 6) is 1.52. The zero-order chi connectivity index (χ0) is 16.6. The van der Waals surface area contributed by atoms with Crippen molar-refractivity contribution in [1.82, 2.24) is 9.78 Å². The van der Waals surface area contributed by atoms with E-state index in [4.69, 9.17) is 9.47 Å². The van der Waals surface area contributed by atoms with Gasteiger partial charge in [0.25, 0.3) is 0 Å². The van der Waals surface area contributed by atoms with Crippen LogP contribution in [0.2, 0.25) is 0 Å². The third-order valence-corrected chi connectivity index (χ3v) is 4.95. The largest absolute Gasteiger partial charge is 0.486 e. The van der Waals surface area contributed by atoms with Crippen LogP contribution in [-0.2, 0) is 17.3 Å². The SMILES string of the molecule is Cn1cc(NC(=O)C2(c3ccc4c(c3)OCCO4)CCCC2)cn1. The lowest BCUT2D eigenvalue weighted by Gasteiger charge is -2.29. The van der Waals surface area contributed by atoms with E-state index in [2.05, 4.69) is 10.4 Å². The Balaban J connectivity index is 1.66. The number of carbonyl (C=O) groups is 1. The molecular formula is C18H21N3O3. The molecule has 1 aliphatic carbocycles. The van der Waals surface area contributed by atoms with Gasteiger partial charge in [-0.1, -0.05) is 18.9 Å². The van der Waals surface area contributed by atoms with Crippen LogP contribution in [0.3, 0.4) is 0 Å². The average Bonchev–Trinajstić information content (AvgIpc) is 3.24. The molecule has 0 spiro atoms. The molecule has 24 heavy (non-hydrogen) atoms. The first-order valence-electron chi connectivity index (χ1n) is 8.38. The van der Waals surface area contributed by atoms with Crippen molar-refractivity contribution >= 4 is 11.6 Å². The number of hydrogen-bond donors (Lipinski definition) is 1. The molecule has 4 rings (SSSR count). The summed E-state index contributed by atoms with van der Waals surface area (Å²) < 4.78 is 13.0. The summed E-state index contributed by atoms with van der Waals surface area (Å²) in [4.78, 5) is 13.1. The summed E-state index contributed by atoms with van der Waals surface area (Å²) >= 11 is 0. The van der Waals surface area contributed by atoms with Crippen molar-refractivity contribution in [2.75, 3.05) is 18.5 Å². The molecule has 6 heteroatoms. The minimum atomic E-state index is -0.508. The van der Waals surface area contributed by atoms with Gasteiger partial charge in [-0.05, 0) is 30.5 Å². The van der Waals surface area contributed by atoms with Crippen molar-refractivity contribution in [3.63, 3.8) is 0 Å². The van der Waals surface area contributed by atoms with Crippen LogP contribution in [0, 0.1) is 0 Å². The topological polar surface area (TPSA) is 65.4 Å². The molecule has 0 unspecified atom stereocenters. The van der Waals surface area contributed by atoms with Gasteiger partial charge in [0.2, 0.25) is 5.91 Å². The van der Waals surface area contributed by atoms with E-state index in [0.29, 0.717) is 13.2 Å². The van der Waals surface area contributed by atoms with E-state index in [1.807, 2.05) is 31.4 Å². The summed E-state index contributed by atoms with van der Waals surface area (Å²) in [6, 6.07) is 5.89. The van der Waals surface area contributed by atoms with Gasteiger partial charge in [-0.25, -0.2) is 0 Å². The number of aromatic nitrogens is 2. The molecule has 1 aromatic heterocycles. The second kappa shape index (κ2) is 5.85. The first-order chi connectivity index (χ1) is 11.7. The number of nitrogens with zero attached hydrogens (tertiary/aromatic N) is 2. The molecule has 2 aliphatic rings. The van der Waals surface area contributed by atoms with Gasteiger partial charge in [0.05, 0.1) is 17.3 Å². The first kappa shape index (κ1) is 15.1. The fourth-order valence-electron chi connectivity index (χ4n) is 3.70. The zero-order valence-corrected chi connectivity index (χ0v) is 13.7. The number of anilines is 1. The van der Waals surface area contributed by atoms with Gasteiger partial charge in [-0.15, -0.1) is 0 Å². The normalized spacial score (nSPS) is 18.4. The van der Waals surface area contributed by atoms with Gasteiger partial charge < -0.3 is 14.8 Å². The van der Waals surface area contributed by atoms with E-state index in [1.165, 1.54) is 0 Å². The quantitative estimate of drug-likeness (QED) is 0.941. The summed E-state index contributed by atoms with van der Waals surface area (Å²) in [5.41, 5.74) is 1.23. The molecule has 0 radical (unpaired) electrons. The number of aryl methyl sites for hydroxylation is 1. The standard InChI is InChI=1S/C18H21N3O3/c1-21-12-14(11-19-21)20-17(22)18(6-2-3-7-18)13-4-5-15-16(10-13)24-9-8-23-15/h4-5,10-12H,2-3,6-9H2,1H3,(H,20,22). The molecule has 2 heterocycles. The van der Waals surface area contributed by atoms with E-state index in [-0.39, 0.29) is 5.91 Å². The molecule has 1 amide bonds. The number of rotatable bonds is 3. The molecule has 2 aromatic rings. The number of amides is 1. The van der Waals surface area contributed by atoms with Crippen LogP contribution in [0.4, 0.5) is 5.69 Å². The third kappa shape index (κ3) is 2.52. The van der Waals surface area contributed by atoms with Crippen molar-refractivity contribution in [1.29, 1.82) is 0 Å². The second-order valence-corrected chi connectivity index (χ2v) is 6.50. The van der Waals surface area contributed by atoms with Crippen LogP contribution < -0.4 is 14.8 Å². The Kier molecular flexibility index (Phi) is 3.67. The van der Waals surface area contributed by atoms with Gasteiger partial charge >= 0.3 is 0 Å². The molecule has 1 aliphatic heterocycles. The van der Waals surface area contributed by atoms with Crippen molar-refractivity contribution in [3.8, 4) is 11.5 Å². The van der Waals surface area contributed by atoms with E-state index in [1.54, 1.807) is 10.9 Å². The predicted octanol–water partition coefficient (Wildman–Crippen LogP) is 2.64. The Morgan fingerprint density at radius 2 is 1.96 bits per heavy atom. The Hall–Kier alpha value is -2.50. The van der Waals surface area contributed by atoms with Gasteiger partial charge in [-0.2, -0.15) is 5.10 Å². The fourth-order valence-corrected chi connectivity index (χ4v) is 3.70. The Morgan fingerprint density at radius 1 is 1.21 bits per heavy atom. The van der Waals surface area contributed by atoms with Crippen LogP contribution in [0.1, 0.15) is 31.2 Å². The van der Waals surface area contributed by atoms with Crippen molar-refractivity contribution in [3.05, 3.63) is 36.2 Å². The minimum Gasteiger partial charge on any atom is -0.486 e. The van der Waals surface area contributed by atoms with Crippen molar-refractivity contribution < 1.29 is 14.3 Å². The second-order valence-electron chi connectivity index (χ2n) is 6.50. The average molecular weight is 327 g/mol. The van der Waals surface area contributed by atoms with Gasteiger partial charge in [-0.3, -0.25) is 9.48 Å². The molecule has 1 aromatic carbocycles. The predicted molar refractivity (Wildman–Crippen MR) is 89.4 cm³/mol. The van der Waals surface area contributed by atoms with E-state index in [9.17, 15) is 4.79 Å². The molecule has 0 atom stereocenters. The number of carbonyl (C=O) groups excluding carboxylic acids is 1. The number of hydrogen-bond acceptors (Lipinski definition) is 4. The highest BCUT2D eigenvalue weighted by Crippen LogP contribution is 2.44. The van der Waals surface area contributed by atoms with E-state index in [0.717, 1.165) is 48.4 Å². The smallest absolute Gasteiger partial charge is 0.235 e. The van der Waals surface area contributed by atoms with E-state index < -0.39 is 5.41 Å². The van der Waals surface area contributed by atoms with Gasteiger partial charge in [0.1, 0.15) is 13.2 Å². The fraction of sp³-hybridized carbons (Fsp3) is 0.444. The molecule has 6 nitrogen and oxygen atoms in total. The molecular weight excluding hydrogens is 306 g/mol. The Labute approximate surface area is 140 Å². The maximum absolute atomic E-state index is 13.1. The van der Waals surface area contributed by atoms with Crippen LogP contribution in [-0.4, -0.2) is 28.9 Å². The van der Waals surface area contributed by atoms with Crippen molar-refractivity contribution in [2.24, 2.45) is 7.05 Å². The maximum atomic E-state index is 13.1. The van der Waals surface area contributed by atoms with Crippen molar-refractivity contribution in [2.45, 2.75) is 31.1 Å². The lowest BCUT2D eigenvalue weighted by Crippen LogP contribution is -2.38. The first-order valence-corrected chi connectivity index (χ1v) is 8.38. The highest BCUT2D eigenvalue weighted by atomic mass is 16.6. The minimum absolute atomic E-state index is 0.0321. The summed E-state index contributed by atoms with van der Waals surface area (Å²) in [6.45, 7) is 1.12. The lowest BCUT2D eigenvalue weighted by atomic mass is 9.77. The Morgan fingerprint density at radius 3 is 2.67 bits per heavy atom. The van der Waals surface area contributed by atoms with Crippen LogP contribution in [0.15, 0.2) is 30.6 Å². The highest BCUT2D eigenvalue weighted by Gasteiger charge is 2.43. The number of fused-ring (bicyclic) bond motifs is 1. The maximum Gasteiger partial charge on any atom is 0.235 e. The van der Waals surface area contributed by atoms with Crippen LogP contribution in [0.5, 0.6) is 11.5 Å². The highest BCUT2D eigenvalue weighted by molar-refractivity contribution is 5.99. The van der Waals surface area contributed by atoms with Crippen LogP contribution >= 0.6 is 0 Å². The lowest BCUT2D eigenvalue weighted by molar-refractivity contribution is -0.121. The van der Waals surface area contributed by atoms with Gasteiger partial charge in [0, 0.05) is 13.2 Å². The zero-order valence-electron chi connectivity index (χ0n) is 13.7. The summed E-state index contributed by atoms with van der Waals surface area (Å²) in [7, 11) is 1.84. The number of benzene rings is 1. The molecule has 1 N–H and O–H groups in total. The summed E-state index contributed by atoms with van der Waals surface area (Å²) in [5, 5.41) is 7.14. The number of ether oxygens (including phenoxy) is 2. The summed E-state index contributed by atoms with van der Waals surface area (Å²) in [6.07, 6.45) is 7.27.